The molecule has 1 aliphatic carbocycles. The molecule has 0 radical (unpaired) electrons. The summed E-state index contributed by atoms with van der Waals surface area (Å²) in [5, 5.41) is 2.92. The van der Waals surface area contributed by atoms with Gasteiger partial charge >= 0.3 is 0 Å². The van der Waals surface area contributed by atoms with Crippen molar-refractivity contribution in [2.24, 2.45) is 0 Å². The van der Waals surface area contributed by atoms with Crippen molar-refractivity contribution >= 4 is 11.6 Å². The molecule has 5 heteroatoms. The number of anilines is 1. The van der Waals surface area contributed by atoms with Crippen LogP contribution in [0.1, 0.15) is 18.6 Å². The first-order chi connectivity index (χ1) is 10.8. The number of amides is 1. The predicted molar refractivity (Wildman–Crippen MR) is 83.8 cm³/mol. The Morgan fingerprint density at radius 3 is 2.82 bits per heavy atom. The fraction of sp³-hybridized carbons (Fsp3) is 0.353. The summed E-state index contributed by atoms with van der Waals surface area (Å²) in [4.78, 5) is 14.5. The molecule has 1 saturated carbocycles. The lowest BCUT2D eigenvalue weighted by molar-refractivity contribution is -0.117. The van der Waals surface area contributed by atoms with Crippen molar-refractivity contribution in [1.29, 1.82) is 0 Å². The van der Waals surface area contributed by atoms with E-state index in [1.54, 1.807) is 13.4 Å². The largest absolute Gasteiger partial charge is 0.495 e. The molecule has 1 aliphatic rings. The molecule has 2 aromatic rings. The first kappa shape index (κ1) is 14.7. The van der Waals surface area contributed by atoms with Crippen LogP contribution in [0.2, 0.25) is 0 Å². The lowest BCUT2D eigenvalue weighted by atomic mass is 10.3. The Kier molecular flexibility index (Phi) is 4.44. The van der Waals surface area contributed by atoms with Gasteiger partial charge in [-0.05, 0) is 37.1 Å². The number of ether oxygens (including phenoxy) is 1. The maximum absolute atomic E-state index is 12.3. The van der Waals surface area contributed by atoms with Gasteiger partial charge < -0.3 is 14.5 Å². The van der Waals surface area contributed by atoms with Gasteiger partial charge in [0, 0.05) is 6.04 Å². The number of carbonyl (C=O) groups excluding carboxylic acids is 1. The van der Waals surface area contributed by atoms with Crippen molar-refractivity contribution in [3.63, 3.8) is 0 Å². The van der Waals surface area contributed by atoms with E-state index in [0.717, 1.165) is 18.6 Å². The second kappa shape index (κ2) is 6.66. The van der Waals surface area contributed by atoms with Gasteiger partial charge in [-0.1, -0.05) is 12.1 Å². The summed E-state index contributed by atoms with van der Waals surface area (Å²) in [6.07, 6.45) is 3.95. The summed E-state index contributed by atoms with van der Waals surface area (Å²) in [5.41, 5.74) is 0.698. The third-order valence-electron chi connectivity index (χ3n) is 3.73. The highest BCUT2D eigenvalue weighted by atomic mass is 16.5. The molecule has 22 heavy (non-hydrogen) atoms. The van der Waals surface area contributed by atoms with E-state index in [-0.39, 0.29) is 5.91 Å². The summed E-state index contributed by atoms with van der Waals surface area (Å²) >= 11 is 0. The van der Waals surface area contributed by atoms with Crippen LogP contribution in [0.15, 0.2) is 47.1 Å². The zero-order valence-corrected chi connectivity index (χ0v) is 12.6. The zero-order valence-electron chi connectivity index (χ0n) is 12.6. The van der Waals surface area contributed by atoms with Gasteiger partial charge in [-0.25, -0.2) is 0 Å². The minimum Gasteiger partial charge on any atom is -0.495 e. The second-order valence-electron chi connectivity index (χ2n) is 5.46. The van der Waals surface area contributed by atoms with Gasteiger partial charge in [0.15, 0.2) is 0 Å². The van der Waals surface area contributed by atoms with Crippen LogP contribution >= 0.6 is 0 Å². The van der Waals surface area contributed by atoms with Crippen molar-refractivity contribution in [3.8, 4) is 5.75 Å². The lowest BCUT2D eigenvalue weighted by Crippen LogP contribution is -2.34. The average molecular weight is 300 g/mol. The Labute approximate surface area is 129 Å². The van der Waals surface area contributed by atoms with E-state index in [4.69, 9.17) is 9.15 Å². The number of nitrogens with zero attached hydrogens (tertiary/aromatic N) is 1. The van der Waals surface area contributed by atoms with Crippen LogP contribution in [0.5, 0.6) is 5.75 Å². The van der Waals surface area contributed by atoms with Crippen molar-refractivity contribution in [2.75, 3.05) is 19.0 Å². The molecule has 0 spiro atoms. The van der Waals surface area contributed by atoms with Gasteiger partial charge in [0.05, 0.1) is 32.1 Å². The maximum Gasteiger partial charge on any atom is 0.238 e. The van der Waals surface area contributed by atoms with E-state index in [9.17, 15) is 4.79 Å². The van der Waals surface area contributed by atoms with Crippen molar-refractivity contribution in [2.45, 2.75) is 25.4 Å². The normalized spacial score (nSPS) is 14.1. The number of nitrogens with one attached hydrogen (secondary N) is 1. The molecule has 0 atom stereocenters. The third kappa shape index (κ3) is 3.68. The highest BCUT2D eigenvalue weighted by Gasteiger charge is 2.30. The smallest absolute Gasteiger partial charge is 0.238 e. The zero-order chi connectivity index (χ0) is 15.4. The van der Waals surface area contributed by atoms with Gasteiger partial charge in [0.1, 0.15) is 11.5 Å². The van der Waals surface area contributed by atoms with Crippen molar-refractivity contribution in [1.82, 2.24) is 4.90 Å². The van der Waals surface area contributed by atoms with E-state index in [1.807, 2.05) is 36.4 Å². The summed E-state index contributed by atoms with van der Waals surface area (Å²) in [7, 11) is 1.60. The molecule has 1 heterocycles. The molecule has 0 aliphatic heterocycles. The van der Waals surface area contributed by atoms with Gasteiger partial charge in [-0.2, -0.15) is 0 Å². The molecule has 1 aromatic heterocycles. The average Bonchev–Trinajstić information content (AvgIpc) is 3.25. The molecule has 1 N–H and O–H groups in total. The SMILES string of the molecule is COc1ccccc1NC(=O)CN(Cc1ccco1)C1CC1. The van der Waals surface area contributed by atoms with E-state index in [1.165, 1.54) is 0 Å². The number of hydrogen-bond donors (Lipinski definition) is 1. The topological polar surface area (TPSA) is 54.7 Å². The second-order valence-corrected chi connectivity index (χ2v) is 5.46. The molecule has 3 rings (SSSR count). The van der Waals surface area contributed by atoms with E-state index < -0.39 is 0 Å². The molecular weight excluding hydrogens is 280 g/mol. The fourth-order valence-corrected chi connectivity index (χ4v) is 2.48. The van der Waals surface area contributed by atoms with Crippen LogP contribution < -0.4 is 10.1 Å². The van der Waals surface area contributed by atoms with Gasteiger partial charge in [0.2, 0.25) is 5.91 Å². The number of benzene rings is 1. The van der Waals surface area contributed by atoms with Crippen LogP contribution in [0, 0.1) is 0 Å². The Hall–Kier alpha value is -2.27. The number of methoxy groups -OCH3 is 1. The van der Waals surface area contributed by atoms with Crippen molar-refractivity contribution in [3.05, 3.63) is 48.4 Å². The molecule has 1 aromatic carbocycles. The summed E-state index contributed by atoms with van der Waals surface area (Å²) in [6.45, 7) is 1.01. The Bertz CT molecular complexity index is 621. The summed E-state index contributed by atoms with van der Waals surface area (Å²) in [6, 6.07) is 11.7. The predicted octanol–water partition coefficient (Wildman–Crippen LogP) is 2.89. The quantitative estimate of drug-likeness (QED) is 0.854. The molecule has 1 fully saturated rings. The Morgan fingerprint density at radius 2 is 2.14 bits per heavy atom. The standard InChI is InChI=1S/C17H20N2O3/c1-21-16-7-3-2-6-15(16)18-17(20)12-19(13-8-9-13)11-14-5-4-10-22-14/h2-7,10,13H,8-9,11-12H2,1H3,(H,18,20). The van der Waals surface area contributed by atoms with Crippen LogP contribution in [0.3, 0.4) is 0 Å². The highest BCUT2D eigenvalue weighted by Crippen LogP contribution is 2.28. The van der Waals surface area contributed by atoms with Crippen LogP contribution in [-0.2, 0) is 11.3 Å². The minimum absolute atomic E-state index is 0.0389. The number of rotatable bonds is 7. The number of furan rings is 1. The van der Waals surface area contributed by atoms with E-state index in [0.29, 0.717) is 30.6 Å². The van der Waals surface area contributed by atoms with Crippen LogP contribution in [0.4, 0.5) is 5.69 Å². The maximum atomic E-state index is 12.3. The van der Waals surface area contributed by atoms with Crippen LogP contribution in [-0.4, -0.2) is 30.5 Å². The number of para-hydroxylation sites is 2. The van der Waals surface area contributed by atoms with E-state index >= 15 is 0 Å². The molecule has 1 amide bonds. The third-order valence-corrected chi connectivity index (χ3v) is 3.73. The van der Waals surface area contributed by atoms with Gasteiger partial charge in [-0.3, -0.25) is 9.69 Å². The fourth-order valence-electron chi connectivity index (χ4n) is 2.48. The Balaban J connectivity index is 1.61. The molecule has 5 nitrogen and oxygen atoms in total. The number of carbonyl (C=O) groups is 1. The lowest BCUT2D eigenvalue weighted by Gasteiger charge is -2.20. The number of hydrogen-bond acceptors (Lipinski definition) is 4. The molecule has 116 valence electrons. The molecule has 0 unspecified atom stereocenters. The first-order valence-electron chi connectivity index (χ1n) is 7.45. The van der Waals surface area contributed by atoms with Gasteiger partial charge in [-0.15, -0.1) is 0 Å². The minimum atomic E-state index is -0.0389. The molecule has 0 bridgehead atoms. The summed E-state index contributed by atoms with van der Waals surface area (Å²) < 4.78 is 10.6. The van der Waals surface area contributed by atoms with Crippen LogP contribution in [0.25, 0.3) is 0 Å². The highest BCUT2D eigenvalue weighted by molar-refractivity contribution is 5.93. The Morgan fingerprint density at radius 1 is 1.32 bits per heavy atom. The van der Waals surface area contributed by atoms with E-state index in [2.05, 4.69) is 10.2 Å². The molecule has 0 saturated heterocycles. The first-order valence-corrected chi connectivity index (χ1v) is 7.45. The summed E-state index contributed by atoms with van der Waals surface area (Å²) in [5.74, 6) is 1.51. The van der Waals surface area contributed by atoms with Crippen molar-refractivity contribution < 1.29 is 13.9 Å². The van der Waals surface area contributed by atoms with Gasteiger partial charge in [0.25, 0.3) is 0 Å². The molecular formula is C17H20N2O3. The monoisotopic (exact) mass is 300 g/mol.